The number of benzene rings is 1. The van der Waals surface area contributed by atoms with Crippen LogP contribution in [0.2, 0.25) is 0 Å². The van der Waals surface area contributed by atoms with Crippen molar-refractivity contribution in [2.45, 2.75) is 59.5 Å². The zero-order valence-electron chi connectivity index (χ0n) is 16.0. The molecular weight excluding hydrogens is 316 g/mol. The fourth-order valence-electron chi connectivity index (χ4n) is 2.95. The summed E-state index contributed by atoms with van der Waals surface area (Å²) in [4.78, 5) is 26.4. The van der Waals surface area contributed by atoms with Crippen molar-refractivity contribution in [3.8, 4) is 5.75 Å². The molecule has 2 rings (SSSR count). The van der Waals surface area contributed by atoms with Crippen LogP contribution in [0.5, 0.6) is 5.75 Å². The van der Waals surface area contributed by atoms with Gasteiger partial charge in [-0.3, -0.25) is 9.59 Å². The quantitative estimate of drug-likeness (QED) is 0.890. The van der Waals surface area contributed by atoms with Crippen LogP contribution in [-0.2, 0) is 4.79 Å². The maximum absolute atomic E-state index is 12.5. The highest BCUT2D eigenvalue weighted by atomic mass is 16.5. The van der Waals surface area contributed by atoms with E-state index in [1.54, 1.807) is 24.3 Å². The third-order valence-electron chi connectivity index (χ3n) is 4.26. The molecule has 1 saturated heterocycles. The van der Waals surface area contributed by atoms with Gasteiger partial charge in [0.15, 0.2) is 0 Å². The van der Waals surface area contributed by atoms with Crippen molar-refractivity contribution < 1.29 is 14.3 Å². The summed E-state index contributed by atoms with van der Waals surface area (Å²) in [5.74, 6) is 0.815. The Kier molecular flexibility index (Phi) is 6.09. The first-order chi connectivity index (χ1) is 11.7. The van der Waals surface area contributed by atoms with Crippen LogP contribution in [0.4, 0.5) is 0 Å². The molecule has 0 saturated carbocycles. The minimum Gasteiger partial charge on any atom is -0.491 e. The molecule has 1 N–H and O–H groups in total. The van der Waals surface area contributed by atoms with Crippen molar-refractivity contribution in [2.75, 3.05) is 13.2 Å². The first-order valence-corrected chi connectivity index (χ1v) is 9.03. The first kappa shape index (κ1) is 19.3. The molecule has 0 aromatic heterocycles. The van der Waals surface area contributed by atoms with Crippen LogP contribution in [0.3, 0.4) is 0 Å². The van der Waals surface area contributed by atoms with Crippen molar-refractivity contribution in [3.05, 3.63) is 29.8 Å². The monoisotopic (exact) mass is 346 g/mol. The van der Waals surface area contributed by atoms with Crippen LogP contribution in [0.15, 0.2) is 24.3 Å². The van der Waals surface area contributed by atoms with Crippen LogP contribution in [0.1, 0.15) is 57.8 Å². The molecule has 138 valence electrons. The van der Waals surface area contributed by atoms with E-state index in [2.05, 4.69) is 5.32 Å². The van der Waals surface area contributed by atoms with E-state index in [0.717, 1.165) is 25.1 Å². The lowest BCUT2D eigenvalue weighted by Gasteiger charge is -2.30. The molecule has 1 heterocycles. The zero-order chi connectivity index (χ0) is 18.6. The van der Waals surface area contributed by atoms with Crippen molar-refractivity contribution in [2.24, 2.45) is 5.41 Å². The van der Waals surface area contributed by atoms with Gasteiger partial charge in [0, 0.05) is 23.6 Å². The SMILES string of the molecule is CC(C)NC(=O)c1ccc(OC[C@@H]2CCCN2C(=O)C(C)(C)C)cc1. The summed E-state index contributed by atoms with van der Waals surface area (Å²) in [5, 5.41) is 2.86. The van der Waals surface area contributed by atoms with Gasteiger partial charge in [-0.05, 0) is 51.0 Å². The maximum atomic E-state index is 12.5. The van der Waals surface area contributed by atoms with Gasteiger partial charge in [0.25, 0.3) is 5.91 Å². The molecule has 1 fully saturated rings. The molecule has 0 aliphatic carbocycles. The summed E-state index contributed by atoms with van der Waals surface area (Å²) in [6, 6.07) is 7.37. The third kappa shape index (κ3) is 5.21. The second-order valence-corrected chi connectivity index (χ2v) is 8.01. The van der Waals surface area contributed by atoms with E-state index in [-0.39, 0.29) is 29.3 Å². The normalized spacial score (nSPS) is 17.7. The number of amides is 2. The molecule has 25 heavy (non-hydrogen) atoms. The molecule has 5 heteroatoms. The summed E-state index contributed by atoms with van der Waals surface area (Å²) < 4.78 is 5.87. The van der Waals surface area contributed by atoms with E-state index in [1.807, 2.05) is 39.5 Å². The Morgan fingerprint density at radius 2 is 1.88 bits per heavy atom. The molecule has 1 aliphatic rings. The second kappa shape index (κ2) is 7.89. The molecule has 1 aliphatic heterocycles. The molecule has 0 radical (unpaired) electrons. The Hall–Kier alpha value is -2.04. The largest absolute Gasteiger partial charge is 0.491 e. The number of hydrogen-bond donors (Lipinski definition) is 1. The van der Waals surface area contributed by atoms with Gasteiger partial charge in [-0.2, -0.15) is 0 Å². The number of ether oxygens (including phenoxy) is 1. The van der Waals surface area contributed by atoms with Gasteiger partial charge in [0.1, 0.15) is 12.4 Å². The van der Waals surface area contributed by atoms with Crippen molar-refractivity contribution in [3.63, 3.8) is 0 Å². The van der Waals surface area contributed by atoms with E-state index < -0.39 is 0 Å². The van der Waals surface area contributed by atoms with Crippen molar-refractivity contribution >= 4 is 11.8 Å². The van der Waals surface area contributed by atoms with E-state index in [0.29, 0.717) is 12.2 Å². The zero-order valence-corrected chi connectivity index (χ0v) is 16.0. The molecule has 2 amide bonds. The number of hydrogen-bond acceptors (Lipinski definition) is 3. The summed E-state index contributed by atoms with van der Waals surface area (Å²) in [6.45, 7) is 11.0. The van der Waals surface area contributed by atoms with Gasteiger partial charge in [-0.1, -0.05) is 20.8 Å². The van der Waals surface area contributed by atoms with Crippen LogP contribution in [0, 0.1) is 5.41 Å². The van der Waals surface area contributed by atoms with Gasteiger partial charge in [0.05, 0.1) is 6.04 Å². The minimum atomic E-state index is -0.367. The number of carbonyl (C=O) groups excluding carboxylic acids is 2. The Morgan fingerprint density at radius 3 is 2.44 bits per heavy atom. The van der Waals surface area contributed by atoms with Crippen LogP contribution < -0.4 is 10.1 Å². The summed E-state index contributed by atoms with van der Waals surface area (Å²) in [5.41, 5.74) is 0.250. The number of likely N-dealkylation sites (tertiary alicyclic amines) is 1. The lowest BCUT2D eigenvalue weighted by molar-refractivity contribution is -0.140. The lowest BCUT2D eigenvalue weighted by Crippen LogP contribution is -2.44. The molecule has 1 aromatic carbocycles. The van der Waals surface area contributed by atoms with E-state index in [4.69, 9.17) is 4.74 Å². The molecule has 1 atom stereocenters. The highest BCUT2D eigenvalue weighted by Gasteiger charge is 2.35. The summed E-state index contributed by atoms with van der Waals surface area (Å²) in [6.07, 6.45) is 1.99. The van der Waals surface area contributed by atoms with E-state index in [1.165, 1.54) is 0 Å². The summed E-state index contributed by atoms with van der Waals surface area (Å²) >= 11 is 0. The standard InChI is InChI=1S/C20H30N2O3/c1-14(2)21-18(23)15-8-10-17(11-9-15)25-13-16-7-6-12-22(16)19(24)20(3,4)5/h8-11,14,16H,6-7,12-13H2,1-5H3,(H,21,23)/t16-/m0/s1. The Labute approximate surface area is 150 Å². The average molecular weight is 346 g/mol. The van der Waals surface area contributed by atoms with E-state index >= 15 is 0 Å². The van der Waals surface area contributed by atoms with Crippen molar-refractivity contribution in [1.82, 2.24) is 10.2 Å². The second-order valence-electron chi connectivity index (χ2n) is 8.01. The number of nitrogens with zero attached hydrogens (tertiary/aromatic N) is 1. The number of carbonyl (C=O) groups is 2. The van der Waals surface area contributed by atoms with Gasteiger partial charge in [-0.25, -0.2) is 0 Å². The van der Waals surface area contributed by atoms with Crippen LogP contribution in [0.25, 0.3) is 0 Å². The molecule has 5 nitrogen and oxygen atoms in total. The Balaban J connectivity index is 1.92. The van der Waals surface area contributed by atoms with E-state index in [9.17, 15) is 9.59 Å². The fraction of sp³-hybridized carbons (Fsp3) is 0.600. The van der Waals surface area contributed by atoms with Crippen molar-refractivity contribution in [1.29, 1.82) is 0 Å². The van der Waals surface area contributed by atoms with Crippen LogP contribution in [-0.4, -0.2) is 41.9 Å². The fourth-order valence-corrected chi connectivity index (χ4v) is 2.95. The van der Waals surface area contributed by atoms with Gasteiger partial charge < -0.3 is 15.0 Å². The first-order valence-electron chi connectivity index (χ1n) is 9.03. The number of rotatable bonds is 5. The van der Waals surface area contributed by atoms with Crippen LogP contribution >= 0.6 is 0 Å². The highest BCUT2D eigenvalue weighted by molar-refractivity contribution is 5.94. The third-order valence-corrected chi connectivity index (χ3v) is 4.26. The average Bonchev–Trinajstić information content (AvgIpc) is 2.99. The molecule has 0 unspecified atom stereocenters. The van der Waals surface area contributed by atoms with Gasteiger partial charge in [0.2, 0.25) is 5.91 Å². The molecule has 0 bridgehead atoms. The molecule has 0 spiro atoms. The lowest BCUT2D eigenvalue weighted by atomic mass is 9.94. The van der Waals surface area contributed by atoms with Gasteiger partial charge in [-0.15, -0.1) is 0 Å². The minimum absolute atomic E-state index is 0.0840. The Bertz CT molecular complexity index is 602. The molecular formula is C20H30N2O3. The smallest absolute Gasteiger partial charge is 0.251 e. The molecule has 1 aromatic rings. The predicted octanol–water partition coefficient (Wildman–Crippen LogP) is 3.24. The summed E-state index contributed by atoms with van der Waals surface area (Å²) in [7, 11) is 0. The maximum Gasteiger partial charge on any atom is 0.251 e. The Morgan fingerprint density at radius 1 is 1.24 bits per heavy atom. The van der Waals surface area contributed by atoms with Gasteiger partial charge >= 0.3 is 0 Å². The number of nitrogens with one attached hydrogen (secondary N) is 1. The highest BCUT2D eigenvalue weighted by Crippen LogP contribution is 2.26. The topological polar surface area (TPSA) is 58.6 Å². The predicted molar refractivity (Wildman–Crippen MR) is 98.7 cm³/mol.